The highest BCUT2D eigenvalue weighted by atomic mass is 16.6. The normalized spacial score (nSPS) is 15.8. The molecule has 1 atom stereocenters. The molecular weight excluding hydrogens is 328 g/mol. The van der Waals surface area contributed by atoms with Gasteiger partial charge in [-0.05, 0) is 53.1 Å². The summed E-state index contributed by atoms with van der Waals surface area (Å²) in [6.45, 7) is 1.36. The van der Waals surface area contributed by atoms with Gasteiger partial charge in [0.1, 0.15) is 30.0 Å². The summed E-state index contributed by atoms with van der Waals surface area (Å²) in [4.78, 5) is 0. The predicted molar refractivity (Wildman–Crippen MR) is 98.8 cm³/mol. The van der Waals surface area contributed by atoms with Gasteiger partial charge in [-0.25, -0.2) is 0 Å². The van der Waals surface area contributed by atoms with Crippen LogP contribution in [0.4, 0.5) is 0 Å². The zero-order valence-electron chi connectivity index (χ0n) is 14.2. The maximum Gasteiger partial charge on any atom is 0.119 e. The highest BCUT2D eigenvalue weighted by Gasteiger charge is 2.23. The lowest BCUT2D eigenvalue weighted by molar-refractivity contribution is 0.263. The Morgan fingerprint density at radius 2 is 1.19 bits per heavy atom. The van der Waals surface area contributed by atoms with Crippen LogP contribution in [-0.2, 0) is 4.74 Å². The summed E-state index contributed by atoms with van der Waals surface area (Å²) in [6, 6.07) is 22.5. The van der Waals surface area contributed by atoms with Crippen molar-refractivity contribution in [3.05, 3.63) is 89.5 Å². The van der Waals surface area contributed by atoms with Gasteiger partial charge in [-0.1, -0.05) is 36.4 Å². The van der Waals surface area contributed by atoms with Gasteiger partial charge >= 0.3 is 0 Å². The molecule has 4 nitrogen and oxygen atoms in total. The molecule has 0 spiro atoms. The minimum absolute atomic E-state index is 0.00276. The average Bonchev–Trinajstić information content (AvgIpc) is 3.49. The van der Waals surface area contributed by atoms with Crippen LogP contribution < -0.4 is 4.74 Å². The van der Waals surface area contributed by atoms with Gasteiger partial charge in [0.2, 0.25) is 0 Å². The lowest BCUT2D eigenvalue weighted by Crippen LogP contribution is -2.05. The van der Waals surface area contributed by atoms with Gasteiger partial charge < -0.3 is 19.7 Å². The largest absolute Gasteiger partial charge is 0.508 e. The van der Waals surface area contributed by atoms with Crippen molar-refractivity contribution >= 4 is 0 Å². The number of rotatable bonds is 6. The molecule has 1 saturated heterocycles. The third kappa shape index (κ3) is 3.81. The molecule has 3 aromatic carbocycles. The van der Waals surface area contributed by atoms with Gasteiger partial charge in [-0.3, -0.25) is 0 Å². The number of epoxide rings is 1. The van der Waals surface area contributed by atoms with Crippen LogP contribution in [0.15, 0.2) is 72.8 Å². The van der Waals surface area contributed by atoms with Crippen LogP contribution in [0.25, 0.3) is 0 Å². The number of aromatic hydroxyl groups is 2. The molecule has 1 aliphatic rings. The standard InChI is InChI=1S/C22H20O4/c23-18-7-1-15(2-8-18)22(16-3-9-19(24)10-4-16)17-5-11-20(12-6-17)25-13-21-14-26-21/h1-12,21-24H,13-14H2. The Labute approximate surface area is 152 Å². The van der Waals surface area contributed by atoms with Crippen molar-refractivity contribution in [1.29, 1.82) is 0 Å². The quantitative estimate of drug-likeness (QED) is 0.521. The number of hydrogen-bond acceptors (Lipinski definition) is 4. The second-order valence-corrected chi connectivity index (χ2v) is 6.45. The molecule has 0 bridgehead atoms. The molecule has 26 heavy (non-hydrogen) atoms. The van der Waals surface area contributed by atoms with Crippen LogP contribution in [0.1, 0.15) is 22.6 Å². The molecule has 2 N–H and O–H groups in total. The second kappa shape index (κ2) is 7.10. The Hall–Kier alpha value is -2.98. The summed E-state index contributed by atoms with van der Waals surface area (Å²) < 4.78 is 10.9. The van der Waals surface area contributed by atoms with E-state index >= 15 is 0 Å². The minimum Gasteiger partial charge on any atom is -0.508 e. The molecule has 132 valence electrons. The van der Waals surface area contributed by atoms with E-state index in [1.807, 2.05) is 48.5 Å². The van der Waals surface area contributed by atoms with E-state index in [2.05, 4.69) is 0 Å². The number of ether oxygens (including phenoxy) is 2. The van der Waals surface area contributed by atoms with Crippen molar-refractivity contribution in [3.8, 4) is 17.2 Å². The fourth-order valence-electron chi connectivity index (χ4n) is 3.02. The van der Waals surface area contributed by atoms with E-state index in [9.17, 15) is 10.2 Å². The smallest absolute Gasteiger partial charge is 0.119 e. The van der Waals surface area contributed by atoms with Crippen LogP contribution in [0.5, 0.6) is 17.2 Å². The van der Waals surface area contributed by atoms with Crippen molar-refractivity contribution in [2.75, 3.05) is 13.2 Å². The maximum absolute atomic E-state index is 9.60. The lowest BCUT2D eigenvalue weighted by atomic mass is 9.85. The van der Waals surface area contributed by atoms with E-state index in [1.54, 1.807) is 24.3 Å². The van der Waals surface area contributed by atoms with Gasteiger partial charge in [0.25, 0.3) is 0 Å². The molecule has 4 rings (SSSR count). The van der Waals surface area contributed by atoms with Crippen molar-refractivity contribution in [3.63, 3.8) is 0 Å². The van der Waals surface area contributed by atoms with Gasteiger partial charge in [0.15, 0.2) is 0 Å². The second-order valence-electron chi connectivity index (χ2n) is 6.45. The Morgan fingerprint density at radius 3 is 1.62 bits per heavy atom. The monoisotopic (exact) mass is 348 g/mol. The van der Waals surface area contributed by atoms with E-state index in [0.717, 1.165) is 29.0 Å². The molecule has 0 aromatic heterocycles. The van der Waals surface area contributed by atoms with Crippen LogP contribution in [0.3, 0.4) is 0 Å². The summed E-state index contributed by atoms with van der Waals surface area (Å²) in [5.74, 6) is 1.30. The number of benzene rings is 3. The summed E-state index contributed by atoms with van der Waals surface area (Å²) in [5.41, 5.74) is 3.23. The Kier molecular flexibility index (Phi) is 4.50. The highest BCUT2D eigenvalue weighted by Crippen LogP contribution is 2.34. The van der Waals surface area contributed by atoms with E-state index < -0.39 is 0 Å². The first-order valence-corrected chi connectivity index (χ1v) is 8.61. The highest BCUT2D eigenvalue weighted by molar-refractivity contribution is 5.46. The Morgan fingerprint density at radius 1 is 0.769 bits per heavy atom. The van der Waals surface area contributed by atoms with Crippen LogP contribution in [0.2, 0.25) is 0 Å². The van der Waals surface area contributed by atoms with E-state index in [4.69, 9.17) is 9.47 Å². The van der Waals surface area contributed by atoms with Crippen LogP contribution >= 0.6 is 0 Å². The predicted octanol–water partition coefficient (Wildman–Crippen LogP) is 4.06. The number of phenolic OH excluding ortho intramolecular Hbond substituents is 2. The number of phenols is 2. The summed E-state index contributed by atoms with van der Waals surface area (Å²) in [6.07, 6.45) is 0.233. The van der Waals surface area contributed by atoms with Crippen molar-refractivity contribution < 1.29 is 19.7 Å². The zero-order valence-corrected chi connectivity index (χ0v) is 14.2. The first-order valence-electron chi connectivity index (χ1n) is 8.61. The first-order chi connectivity index (χ1) is 12.7. The SMILES string of the molecule is Oc1ccc(C(c2ccc(O)cc2)c2ccc(OCC3CO3)cc2)cc1. The summed E-state index contributed by atoms with van der Waals surface area (Å²) in [5, 5.41) is 19.2. The van der Waals surface area contributed by atoms with Crippen molar-refractivity contribution in [2.24, 2.45) is 0 Å². The molecule has 0 radical (unpaired) electrons. The van der Waals surface area contributed by atoms with Gasteiger partial charge in [-0.2, -0.15) is 0 Å². The van der Waals surface area contributed by atoms with Crippen molar-refractivity contribution in [2.45, 2.75) is 12.0 Å². The molecule has 1 aliphatic heterocycles. The van der Waals surface area contributed by atoms with E-state index in [0.29, 0.717) is 6.61 Å². The topological polar surface area (TPSA) is 62.2 Å². The molecule has 1 fully saturated rings. The maximum atomic E-state index is 9.60. The Bertz CT molecular complexity index is 805. The fourth-order valence-corrected chi connectivity index (χ4v) is 3.02. The molecule has 3 aromatic rings. The first kappa shape index (κ1) is 16.5. The summed E-state index contributed by atoms with van der Waals surface area (Å²) >= 11 is 0. The summed E-state index contributed by atoms with van der Waals surface area (Å²) in [7, 11) is 0. The average molecular weight is 348 g/mol. The lowest BCUT2D eigenvalue weighted by Gasteiger charge is -2.19. The van der Waals surface area contributed by atoms with E-state index in [1.165, 1.54) is 0 Å². The Balaban J connectivity index is 1.65. The third-order valence-corrected chi connectivity index (χ3v) is 4.50. The van der Waals surface area contributed by atoms with Crippen LogP contribution in [-0.4, -0.2) is 29.5 Å². The number of hydrogen-bond donors (Lipinski definition) is 2. The molecule has 0 aliphatic carbocycles. The van der Waals surface area contributed by atoms with Gasteiger partial charge in [0, 0.05) is 5.92 Å². The molecule has 1 unspecified atom stereocenters. The van der Waals surface area contributed by atoms with Crippen LogP contribution in [0, 0.1) is 0 Å². The minimum atomic E-state index is -0.00276. The van der Waals surface area contributed by atoms with Gasteiger partial charge in [-0.15, -0.1) is 0 Å². The molecule has 1 heterocycles. The molecule has 4 heteroatoms. The van der Waals surface area contributed by atoms with Crippen molar-refractivity contribution in [1.82, 2.24) is 0 Å². The molecule has 0 amide bonds. The van der Waals surface area contributed by atoms with Gasteiger partial charge in [0.05, 0.1) is 6.61 Å². The fraction of sp³-hybridized carbons (Fsp3) is 0.182. The third-order valence-electron chi connectivity index (χ3n) is 4.50. The molecule has 0 saturated carbocycles. The molecular formula is C22H20O4. The van der Waals surface area contributed by atoms with E-state index in [-0.39, 0.29) is 23.5 Å². The zero-order chi connectivity index (χ0) is 17.9.